The second-order valence-electron chi connectivity index (χ2n) is 2.41. The van der Waals surface area contributed by atoms with E-state index in [0.717, 1.165) is 12.8 Å². The van der Waals surface area contributed by atoms with Gasteiger partial charge in [0.25, 0.3) is 0 Å². The molecule has 0 N–H and O–H groups in total. The summed E-state index contributed by atoms with van der Waals surface area (Å²) >= 11 is 0. The summed E-state index contributed by atoms with van der Waals surface area (Å²) in [5.41, 5.74) is 0. The zero-order chi connectivity index (χ0) is 7.28. The van der Waals surface area contributed by atoms with E-state index in [1.165, 1.54) is 0 Å². The van der Waals surface area contributed by atoms with Crippen LogP contribution in [0.1, 0.15) is 26.7 Å². The fourth-order valence-corrected chi connectivity index (χ4v) is 1.53. The summed E-state index contributed by atoms with van der Waals surface area (Å²) in [5.74, 6) is 0.694. The summed E-state index contributed by atoms with van der Waals surface area (Å²) in [6.45, 7) is 4.03. The van der Waals surface area contributed by atoms with Crippen LogP contribution in [0.25, 0.3) is 0 Å². The predicted molar refractivity (Wildman–Crippen MR) is 39.3 cm³/mol. The quantitative estimate of drug-likeness (QED) is 0.607. The lowest BCUT2D eigenvalue weighted by Gasteiger charge is -2.02. The second kappa shape index (κ2) is 4.79. The number of thiol groups is 1. The van der Waals surface area contributed by atoms with Crippen LogP contribution >= 0.6 is 0 Å². The van der Waals surface area contributed by atoms with E-state index in [2.05, 4.69) is 6.92 Å². The van der Waals surface area contributed by atoms with E-state index in [9.17, 15) is 8.42 Å². The van der Waals surface area contributed by atoms with Crippen molar-refractivity contribution in [1.29, 1.82) is 0 Å². The summed E-state index contributed by atoms with van der Waals surface area (Å²) in [5, 5.41) is 0. The highest BCUT2D eigenvalue weighted by molar-refractivity contribution is 7.72. The third kappa shape index (κ3) is 5.83. The van der Waals surface area contributed by atoms with Crippen LogP contribution in [-0.4, -0.2) is 14.2 Å². The van der Waals surface area contributed by atoms with Gasteiger partial charge in [-0.3, -0.25) is 0 Å². The molecular formula is C6H14O2S. The molecule has 0 amide bonds. The Balaban J connectivity index is 3.37. The Kier molecular flexibility index (Phi) is 4.77. The molecule has 0 radical (unpaired) electrons. The molecule has 3 heteroatoms. The Morgan fingerprint density at radius 1 is 1.44 bits per heavy atom. The van der Waals surface area contributed by atoms with Gasteiger partial charge in [0.1, 0.15) is 10.7 Å². The summed E-state index contributed by atoms with van der Waals surface area (Å²) in [6.07, 6.45) is 2.09. The molecule has 0 aromatic carbocycles. The maximum absolute atomic E-state index is 10.1. The molecule has 0 fully saturated rings. The molecule has 0 saturated carbocycles. The lowest BCUT2D eigenvalue weighted by Crippen LogP contribution is -2.01. The van der Waals surface area contributed by atoms with Crippen LogP contribution in [0.4, 0.5) is 0 Å². The molecule has 0 aliphatic heterocycles. The van der Waals surface area contributed by atoms with E-state index >= 15 is 0 Å². The first-order valence-corrected chi connectivity index (χ1v) is 4.65. The summed E-state index contributed by atoms with van der Waals surface area (Å²) < 4.78 is 20.2. The van der Waals surface area contributed by atoms with Gasteiger partial charge in [0.2, 0.25) is 0 Å². The maximum Gasteiger partial charge on any atom is 0.140 e. The molecule has 9 heavy (non-hydrogen) atoms. The van der Waals surface area contributed by atoms with Crippen LogP contribution in [0, 0.1) is 5.92 Å². The fraction of sp³-hybridized carbons (Fsp3) is 1.00. The largest absolute Gasteiger partial charge is 0.232 e. The summed E-state index contributed by atoms with van der Waals surface area (Å²) in [4.78, 5) is 0. The third-order valence-corrected chi connectivity index (χ3v) is 2.16. The van der Waals surface area contributed by atoms with Crippen LogP contribution < -0.4 is 0 Å². The Bertz CT molecular complexity index is 121. The molecule has 0 saturated heterocycles. The van der Waals surface area contributed by atoms with E-state index in [1.807, 2.05) is 6.92 Å². The molecule has 0 aromatic rings. The standard InChI is InChI=1S/C6H14O2S/c1-3-4-6(2)5-9(7)8/h6,9H,3-5H2,1-2H3. The zero-order valence-electron chi connectivity index (χ0n) is 5.96. The highest BCUT2D eigenvalue weighted by Crippen LogP contribution is 2.03. The molecule has 2 nitrogen and oxygen atoms in total. The molecular weight excluding hydrogens is 136 g/mol. The van der Waals surface area contributed by atoms with E-state index < -0.39 is 10.7 Å². The molecule has 0 bridgehead atoms. The van der Waals surface area contributed by atoms with Crippen molar-refractivity contribution in [2.24, 2.45) is 5.92 Å². The van der Waals surface area contributed by atoms with Gasteiger partial charge in [-0.05, 0) is 5.92 Å². The minimum Gasteiger partial charge on any atom is -0.232 e. The van der Waals surface area contributed by atoms with Gasteiger partial charge in [-0.1, -0.05) is 26.7 Å². The second-order valence-corrected chi connectivity index (χ2v) is 3.44. The van der Waals surface area contributed by atoms with Crippen molar-refractivity contribution in [1.82, 2.24) is 0 Å². The number of hydrogen-bond donors (Lipinski definition) is 1. The van der Waals surface area contributed by atoms with Gasteiger partial charge in [-0.2, -0.15) is 0 Å². The Morgan fingerprint density at radius 2 is 2.00 bits per heavy atom. The highest BCUT2D eigenvalue weighted by atomic mass is 32.2. The monoisotopic (exact) mass is 150 g/mol. The van der Waals surface area contributed by atoms with Crippen LogP contribution in [0.15, 0.2) is 0 Å². The van der Waals surface area contributed by atoms with Crippen LogP contribution in [-0.2, 0) is 10.7 Å². The van der Waals surface area contributed by atoms with Crippen molar-refractivity contribution in [2.75, 3.05) is 5.75 Å². The maximum atomic E-state index is 10.1. The molecule has 0 aliphatic rings. The molecule has 0 heterocycles. The third-order valence-electron chi connectivity index (χ3n) is 1.24. The predicted octanol–water partition coefficient (Wildman–Crippen LogP) is 1.03. The minimum atomic E-state index is -2.15. The fourth-order valence-electron chi connectivity index (χ4n) is 0.839. The molecule has 0 aromatic heterocycles. The topological polar surface area (TPSA) is 34.1 Å². The first-order chi connectivity index (χ1) is 4.16. The van der Waals surface area contributed by atoms with Crippen molar-refractivity contribution >= 4 is 10.7 Å². The average molecular weight is 150 g/mol. The van der Waals surface area contributed by atoms with Crippen LogP contribution in [0.5, 0.6) is 0 Å². The zero-order valence-corrected chi connectivity index (χ0v) is 6.86. The van der Waals surface area contributed by atoms with Crippen molar-refractivity contribution in [3.8, 4) is 0 Å². The van der Waals surface area contributed by atoms with Gasteiger partial charge < -0.3 is 0 Å². The van der Waals surface area contributed by atoms with Gasteiger partial charge in [-0.15, -0.1) is 0 Å². The van der Waals surface area contributed by atoms with Crippen molar-refractivity contribution < 1.29 is 8.42 Å². The molecule has 0 rings (SSSR count). The Hall–Kier alpha value is -0.0500. The lowest BCUT2D eigenvalue weighted by molar-refractivity contribution is 0.556. The molecule has 1 unspecified atom stereocenters. The number of hydrogen-bond acceptors (Lipinski definition) is 2. The SMILES string of the molecule is CCCC(C)C[SH](=O)=O. The van der Waals surface area contributed by atoms with E-state index in [0.29, 0.717) is 11.7 Å². The van der Waals surface area contributed by atoms with Crippen molar-refractivity contribution in [3.05, 3.63) is 0 Å². The smallest absolute Gasteiger partial charge is 0.140 e. The van der Waals surface area contributed by atoms with E-state index in [-0.39, 0.29) is 0 Å². The van der Waals surface area contributed by atoms with Gasteiger partial charge in [0.05, 0.1) is 5.75 Å². The first-order valence-electron chi connectivity index (χ1n) is 3.28. The van der Waals surface area contributed by atoms with Gasteiger partial charge in [0, 0.05) is 0 Å². The van der Waals surface area contributed by atoms with Crippen LogP contribution in [0.3, 0.4) is 0 Å². The van der Waals surface area contributed by atoms with E-state index in [4.69, 9.17) is 0 Å². The Morgan fingerprint density at radius 3 is 2.33 bits per heavy atom. The minimum absolute atomic E-state index is 0.344. The van der Waals surface area contributed by atoms with Gasteiger partial charge in [-0.25, -0.2) is 8.42 Å². The molecule has 56 valence electrons. The number of rotatable bonds is 4. The highest BCUT2D eigenvalue weighted by Gasteiger charge is 1.99. The molecule has 1 atom stereocenters. The van der Waals surface area contributed by atoms with Crippen molar-refractivity contribution in [2.45, 2.75) is 26.7 Å². The average Bonchev–Trinajstić information content (AvgIpc) is 1.63. The summed E-state index contributed by atoms with van der Waals surface area (Å²) in [7, 11) is -2.15. The lowest BCUT2D eigenvalue weighted by atomic mass is 10.1. The van der Waals surface area contributed by atoms with Gasteiger partial charge in [0.15, 0.2) is 0 Å². The molecule has 0 aliphatic carbocycles. The summed E-state index contributed by atoms with van der Waals surface area (Å²) in [6, 6.07) is 0. The van der Waals surface area contributed by atoms with E-state index in [1.54, 1.807) is 0 Å². The van der Waals surface area contributed by atoms with Crippen LogP contribution in [0.2, 0.25) is 0 Å². The first kappa shape index (κ1) is 8.95. The van der Waals surface area contributed by atoms with Gasteiger partial charge >= 0.3 is 0 Å². The molecule has 0 spiro atoms. The Labute approximate surface area is 58.2 Å². The normalized spacial score (nSPS) is 14.1. The van der Waals surface area contributed by atoms with Crippen molar-refractivity contribution in [3.63, 3.8) is 0 Å².